The normalized spacial score (nSPS) is 19.2. The van der Waals surface area contributed by atoms with Gasteiger partial charge in [0.15, 0.2) is 0 Å². The molecule has 1 atom stereocenters. The second-order valence-electron chi connectivity index (χ2n) is 4.77. The summed E-state index contributed by atoms with van der Waals surface area (Å²) >= 11 is 0. The van der Waals surface area contributed by atoms with Crippen molar-refractivity contribution >= 4 is 35.9 Å². The number of hydrogen-bond acceptors (Lipinski definition) is 3. The number of hydrogen-bond donors (Lipinski definition) is 2. The van der Waals surface area contributed by atoms with Crippen molar-refractivity contribution in [3.8, 4) is 0 Å². The van der Waals surface area contributed by atoms with Crippen molar-refractivity contribution in [1.29, 1.82) is 0 Å². The predicted octanol–water partition coefficient (Wildman–Crippen LogP) is 0.382. The van der Waals surface area contributed by atoms with Crippen LogP contribution in [0.1, 0.15) is 12.8 Å². The van der Waals surface area contributed by atoms with E-state index in [-0.39, 0.29) is 11.9 Å². The molecule has 5 heteroatoms. The molecule has 1 aliphatic rings. The second-order valence-corrected chi connectivity index (χ2v) is 4.77. The van der Waals surface area contributed by atoms with Crippen LogP contribution in [-0.2, 0) is 4.79 Å². The number of fused-ring (bicyclic) bond motifs is 1. The highest BCUT2D eigenvalue weighted by Gasteiger charge is 2.22. The summed E-state index contributed by atoms with van der Waals surface area (Å²) in [6.45, 7) is 0.928. The molecular weight excluding hydrogens is 227 g/mol. The van der Waals surface area contributed by atoms with E-state index in [1.165, 1.54) is 0 Å². The zero-order valence-corrected chi connectivity index (χ0v) is 10.3. The number of nitrogens with one attached hydrogen (secondary N) is 2. The predicted molar refractivity (Wildman–Crippen MR) is 74.0 cm³/mol. The first kappa shape index (κ1) is 11.4. The van der Waals surface area contributed by atoms with Crippen LogP contribution in [0.5, 0.6) is 0 Å². The summed E-state index contributed by atoms with van der Waals surface area (Å²) in [4.78, 5) is 12.0. The summed E-state index contributed by atoms with van der Waals surface area (Å²) in [7, 11) is 1.98. The first-order chi connectivity index (χ1) is 8.74. The monoisotopic (exact) mass is 242 g/mol. The lowest BCUT2D eigenvalue weighted by Crippen LogP contribution is -2.35. The van der Waals surface area contributed by atoms with Gasteiger partial charge in [0.1, 0.15) is 13.4 Å². The van der Waals surface area contributed by atoms with Crippen LogP contribution in [0.2, 0.25) is 0 Å². The molecule has 1 saturated heterocycles. The molecule has 4 nitrogen and oxygen atoms in total. The summed E-state index contributed by atoms with van der Waals surface area (Å²) in [6, 6.07) is 5.74. The number of furan rings is 1. The van der Waals surface area contributed by atoms with Crippen LogP contribution in [0.15, 0.2) is 28.9 Å². The Kier molecular flexibility index (Phi) is 2.84. The highest BCUT2D eigenvalue weighted by molar-refractivity contribution is 6.38. The number of benzene rings is 1. The highest BCUT2D eigenvalue weighted by Crippen LogP contribution is 2.18. The Morgan fingerprint density at radius 1 is 1.50 bits per heavy atom. The Morgan fingerprint density at radius 3 is 3.17 bits per heavy atom. The Hall–Kier alpha value is -1.75. The highest BCUT2D eigenvalue weighted by atomic mass is 16.3. The number of carbonyl (C=O) groups excluding carboxylic acids is 1. The van der Waals surface area contributed by atoms with E-state index in [0.29, 0.717) is 0 Å². The molecule has 18 heavy (non-hydrogen) atoms. The summed E-state index contributed by atoms with van der Waals surface area (Å²) in [5.41, 5.74) is 2.75. The van der Waals surface area contributed by atoms with Crippen LogP contribution in [0.25, 0.3) is 11.0 Å². The topological polar surface area (TPSA) is 54.3 Å². The van der Waals surface area contributed by atoms with Crippen LogP contribution in [0.3, 0.4) is 0 Å². The molecule has 1 aromatic carbocycles. The van der Waals surface area contributed by atoms with Gasteiger partial charge in [-0.1, -0.05) is 0 Å². The van der Waals surface area contributed by atoms with Gasteiger partial charge >= 0.3 is 0 Å². The minimum Gasteiger partial charge on any atom is -0.465 e. The molecule has 92 valence electrons. The smallest absolute Gasteiger partial charge is 0.241 e. The lowest BCUT2D eigenvalue weighted by Gasteiger charge is -2.11. The van der Waals surface area contributed by atoms with Gasteiger partial charge in [0.05, 0.1) is 12.3 Å². The SMILES string of the molecule is Bc1cc(NC(=O)[C@@H]2CCCN2)cc2ccoc12. The van der Waals surface area contributed by atoms with Crippen LogP contribution in [-0.4, -0.2) is 26.3 Å². The van der Waals surface area contributed by atoms with Crippen LogP contribution >= 0.6 is 0 Å². The van der Waals surface area contributed by atoms with Gasteiger partial charge < -0.3 is 15.1 Å². The first-order valence-electron chi connectivity index (χ1n) is 6.26. The molecule has 0 spiro atoms. The Bertz CT molecular complexity index is 588. The van der Waals surface area contributed by atoms with E-state index in [0.717, 1.165) is 41.5 Å². The van der Waals surface area contributed by atoms with E-state index in [1.54, 1.807) is 6.26 Å². The van der Waals surface area contributed by atoms with Crippen molar-refractivity contribution in [3.05, 3.63) is 24.5 Å². The molecule has 0 saturated carbocycles. The van der Waals surface area contributed by atoms with Crippen molar-refractivity contribution in [2.24, 2.45) is 0 Å². The van der Waals surface area contributed by atoms with E-state index in [1.807, 2.05) is 26.0 Å². The fraction of sp³-hybridized carbons (Fsp3) is 0.308. The first-order valence-corrected chi connectivity index (χ1v) is 6.26. The molecule has 2 aromatic rings. The van der Waals surface area contributed by atoms with Gasteiger partial charge in [0.25, 0.3) is 0 Å². The maximum Gasteiger partial charge on any atom is 0.241 e. The van der Waals surface area contributed by atoms with Crippen molar-refractivity contribution < 1.29 is 9.21 Å². The molecule has 0 unspecified atom stereocenters. The van der Waals surface area contributed by atoms with Gasteiger partial charge in [0.2, 0.25) is 5.91 Å². The Balaban J connectivity index is 1.83. The average Bonchev–Trinajstić information content (AvgIpc) is 2.99. The summed E-state index contributed by atoms with van der Waals surface area (Å²) < 4.78 is 5.38. The fourth-order valence-electron chi connectivity index (χ4n) is 2.47. The number of anilines is 1. The van der Waals surface area contributed by atoms with Gasteiger partial charge in [-0.15, -0.1) is 0 Å². The Morgan fingerprint density at radius 2 is 2.39 bits per heavy atom. The quantitative estimate of drug-likeness (QED) is 0.748. The van der Waals surface area contributed by atoms with E-state index < -0.39 is 0 Å². The average molecular weight is 242 g/mol. The molecule has 3 rings (SSSR count). The Labute approximate surface area is 106 Å². The third-order valence-corrected chi connectivity index (χ3v) is 3.38. The third kappa shape index (κ3) is 2.02. The third-order valence-electron chi connectivity index (χ3n) is 3.38. The minimum absolute atomic E-state index is 0.0506. The van der Waals surface area contributed by atoms with Crippen LogP contribution in [0, 0.1) is 0 Å². The molecule has 1 aromatic heterocycles. The number of rotatable bonds is 2. The molecule has 1 fully saturated rings. The van der Waals surface area contributed by atoms with Crippen molar-refractivity contribution in [1.82, 2.24) is 5.32 Å². The fourth-order valence-corrected chi connectivity index (χ4v) is 2.47. The number of carbonyl (C=O) groups is 1. The van der Waals surface area contributed by atoms with Gasteiger partial charge in [-0.05, 0) is 43.0 Å². The van der Waals surface area contributed by atoms with E-state index in [2.05, 4.69) is 10.6 Å². The van der Waals surface area contributed by atoms with Gasteiger partial charge in [-0.2, -0.15) is 0 Å². The summed E-state index contributed by atoms with van der Waals surface area (Å²) in [5, 5.41) is 7.17. The van der Waals surface area contributed by atoms with Gasteiger partial charge in [0, 0.05) is 11.1 Å². The lowest BCUT2D eigenvalue weighted by molar-refractivity contribution is -0.117. The minimum atomic E-state index is -0.0506. The number of amides is 1. The van der Waals surface area contributed by atoms with E-state index >= 15 is 0 Å². The molecule has 2 heterocycles. The standard InChI is InChI=1S/C13H15BN2O2/c14-10-7-9(6-8-3-5-18-12(8)10)16-13(17)11-2-1-4-15-11/h3,5-7,11,15H,1-2,4,14H2,(H,16,17)/t11-/m0/s1. The molecule has 2 N–H and O–H groups in total. The second kappa shape index (κ2) is 4.50. The molecule has 0 aliphatic carbocycles. The summed E-state index contributed by atoms with van der Waals surface area (Å²) in [6.07, 6.45) is 3.65. The maximum absolute atomic E-state index is 12.0. The molecule has 0 radical (unpaired) electrons. The molecule has 0 bridgehead atoms. The van der Waals surface area contributed by atoms with Crippen molar-refractivity contribution in [2.75, 3.05) is 11.9 Å². The van der Waals surface area contributed by atoms with Crippen molar-refractivity contribution in [3.63, 3.8) is 0 Å². The van der Waals surface area contributed by atoms with Crippen LogP contribution < -0.4 is 16.1 Å². The lowest BCUT2D eigenvalue weighted by atomic mass is 9.93. The van der Waals surface area contributed by atoms with Crippen molar-refractivity contribution in [2.45, 2.75) is 18.9 Å². The van der Waals surface area contributed by atoms with Gasteiger partial charge in [-0.25, -0.2) is 0 Å². The van der Waals surface area contributed by atoms with Gasteiger partial charge in [-0.3, -0.25) is 4.79 Å². The molecule has 1 amide bonds. The summed E-state index contributed by atoms with van der Waals surface area (Å²) in [5.74, 6) is 0.0507. The van der Waals surface area contributed by atoms with E-state index in [4.69, 9.17) is 4.42 Å². The zero-order valence-electron chi connectivity index (χ0n) is 10.3. The molecular formula is C13H15BN2O2. The maximum atomic E-state index is 12.0. The zero-order chi connectivity index (χ0) is 12.5. The van der Waals surface area contributed by atoms with Crippen LogP contribution in [0.4, 0.5) is 5.69 Å². The van der Waals surface area contributed by atoms with E-state index in [9.17, 15) is 4.79 Å². The largest absolute Gasteiger partial charge is 0.465 e. The molecule has 1 aliphatic heterocycles.